The Morgan fingerprint density at radius 3 is 2.42 bits per heavy atom. The summed E-state index contributed by atoms with van der Waals surface area (Å²) < 4.78 is 37.5. The first kappa shape index (κ1) is 20.1. The lowest BCUT2D eigenvalue weighted by Gasteiger charge is -2.19. The van der Waals surface area contributed by atoms with E-state index in [-0.39, 0.29) is 11.4 Å². The van der Waals surface area contributed by atoms with Crippen molar-refractivity contribution in [1.82, 2.24) is 4.31 Å². The minimum atomic E-state index is -4.09. The van der Waals surface area contributed by atoms with E-state index in [1.807, 2.05) is 0 Å². The van der Waals surface area contributed by atoms with Crippen molar-refractivity contribution in [2.45, 2.75) is 11.4 Å². The van der Waals surface area contributed by atoms with Gasteiger partial charge in [0.25, 0.3) is 5.69 Å². The molecule has 0 heterocycles. The number of nitrogens with zero attached hydrogens (tertiary/aromatic N) is 2. The van der Waals surface area contributed by atoms with Crippen LogP contribution in [0.5, 0.6) is 11.5 Å². The van der Waals surface area contributed by atoms with Crippen LogP contribution in [0, 0.1) is 10.1 Å². The minimum absolute atomic E-state index is 0.0251. The average molecular weight is 445 g/mol. The molecule has 26 heavy (non-hydrogen) atoms. The second-order valence-electron chi connectivity index (χ2n) is 5.31. The Hall–Kier alpha value is -2.17. The molecule has 0 aliphatic heterocycles. The van der Waals surface area contributed by atoms with E-state index in [2.05, 4.69) is 15.9 Å². The smallest absolute Gasteiger partial charge is 0.290 e. The zero-order valence-electron chi connectivity index (χ0n) is 14.3. The van der Waals surface area contributed by atoms with Crippen LogP contribution < -0.4 is 9.47 Å². The molecule has 0 N–H and O–H groups in total. The summed E-state index contributed by atoms with van der Waals surface area (Å²) in [4.78, 5) is 10.1. The summed E-state index contributed by atoms with van der Waals surface area (Å²) in [5.74, 6) is 1.02. The molecule has 0 amide bonds. The topological polar surface area (TPSA) is 99.0 Å². The van der Waals surface area contributed by atoms with Gasteiger partial charge in [-0.15, -0.1) is 0 Å². The van der Waals surface area contributed by atoms with Gasteiger partial charge in [0.2, 0.25) is 10.0 Å². The van der Waals surface area contributed by atoms with Crippen molar-refractivity contribution < 1.29 is 22.8 Å². The molecule has 0 atom stereocenters. The van der Waals surface area contributed by atoms with Crippen molar-refractivity contribution in [3.05, 3.63) is 56.5 Å². The lowest BCUT2D eigenvalue weighted by Crippen LogP contribution is -2.27. The Morgan fingerprint density at radius 1 is 1.15 bits per heavy atom. The van der Waals surface area contributed by atoms with Gasteiger partial charge in [0.05, 0.1) is 19.1 Å². The van der Waals surface area contributed by atoms with E-state index in [1.165, 1.54) is 33.4 Å². The van der Waals surface area contributed by atoms with Gasteiger partial charge in [0.1, 0.15) is 11.5 Å². The minimum Gasteiger partial charge on any atom is -0.497 e. The van der Waals surface area contributed by atoms with Crippen molar-refractivity contribution in [2.24, 2.45) is 0 Å². The van der Waals surface area contributed by atoms with Gasteiger partial charge in [-0.3, -0.25) is 10.1 Å². The molecule has 0 aliphatic carbocycles. The summed E-state index contributed by atoms with van der Waals surface area (Å²) in [6, 6.07) is 8.81. The number of halogens is 1. The third kappa shape index (κ3) is 4.14. The monoisotopic (exact) mass is 444 g/mol. The predicted octanol–water partition coefficient (Wildman–Crippen LogP) is 3.20. The van der Waals surface area contributed by atoms with Crippen LogP contribution in [0.2, 0.25) is 0 Å². The summed E-state index contributed by atoms with van der Waals surface area (Å²) in [7, 11) is 0.242. The zero-order chi connectivity index (χ0) is 19.5. The zero-order valence-corrected chi connectivity index (χ0v) is 16.7. The molecule has 0 radical (unpaired) electrons. The van der Waals surface area contributed by atoms with Gasteiger partial charge in [-0.25, -0.2) is 8.42 Å². The third-order valence-electron chi connectivity index (χ3n) is 3.69. The lowest BCUT2D eigenvalue weighted by atomic mass is 10.2. The Balaban J connectivity index is 2.41. The number of nitro groups is 1. The van der Waals surface area contributed by atoms with E-state index in [0.29, 0.717) is 21.5 Å². The molecule has 0 aromatic heterocycles. The van der Waals surface area contributed by atoms with E-state index >= 15 is 0 Å². The standard InChI is InChI=1S/C16H17BrN2O6S/c1-18(10-11-4-6-13(24-2)9-15(11)25-3)26(22,23)16-7-5-12(17)8-14(16)19(20)21/h4-9H,10H2,1-3H3. The molecule has 2 aromatic carbocycles. The number of sulfonamides is 1. The van der Waals surface area contributed by atoms with Crippen molar-refractivity contribution >= 4 is 31.6 Å². The van der Waals surface area contributed by atoms with Crippen LogP contribution >= 0.6 is 15.9 Å². The molecular weight excluding hydrogens is 428 g/mol. The Bertz CT molecular complexity index is 932. The van der Waals surface area contributed by atoms with E-state index in [1.54, 1.807) is 18.2 Å². The van der Waals surface area contributed by atoms with Crippen LogP contribution in [-0.2, 0) is 16.6 Å². The second kappa shape index (κ2) is 8.02. The number of methoxy groups -OCH3 is 2. The van der Waals surface area contributed by atoms with Gasteiger partial charge in [0, 0.05) is 35.8 Å². The third-order valence-corrected chi connectivity index (χ3v) is 6.04. The number of benzene rings is 2. The maximum Gasteiger partial charge on any atom is 0.290 e. The molecular formula is C16H17BrN2O6S. The lowest BCUT2D eigenvalue weighted by molar-refractivity contribution is -0.387. The SMILES string of the molecule is COc1ccc(CN(C)S(=O)(=O)c2ccc(Br)cc2[N+](=O)[O-])c(OC)c1. The van der Waals surface area contributed by atoms with E-state index in [9.17, 15) is 18.5 Å². The summed E-state index contributed by atoms with van der Waals surface area (Å²) in [6.07, 6.45) is 0. The summed E-state index contributed by atoms with van der Waals surface area (Å²) in [5.41, 5.74) is 0.104. The van der Waals surface area contributed by atoms with Crippen molar-refractivity contribution in [3.63, 3.8) is 0 Å². The largest absolute Gasteiger partial charge is 0.497 e. The Labute approximate surface area is 159 Å². The molecule has 0 spiro atoms. The maximum atomic E-state index is 12.8. The quantitative estimate of drug-likeness (QED) is 0.480. The first-order valence-electron chi connectivity index (χ1n) is 7.32. The van der Waals surface area contributed by atoms with Crippen LogP contribution in [-0.4, -0.2) is 38.9 Å². The molecule has 2 rings (SSSR count). The van der Waals surface area contributed by atoms with Crippen LogP contribution in [0.4, 0.5) is 5.69 Å². The highest BCUT2D eigenvalue weighted by Crippen LogP contribution is 2.31. The average Bonchev–Trinajstić information content (AvgIpc) is 2.61. The first-order valence-corrected chi connectivity index (χ1v) is 9.55. The van der Waals surface area contributed by atoms with E-state index in [0.717, 1.165) is 10.4 Å². The molecule has 140 valence electrons. The molecule has 0 fully saturated rings. The maximum absolute atomic E-state index is 12.8. The summed E-state index contributed by atoms with van der Waals surface area (Å²) >= 11 is 3.11. The number of ether oxygens (including phenoxy) is 2. The highest BCUT2D eigenvalue weighted by molar-refractivity contribution is 9.10. The fourth-order valence-corrected chi connectivity index (χ4v) is 3.96. The van der Waals surface area contributed by atoms with Crippen LogP contribution in [0.25, 0.3) is 0 Å². The number of hydrogen-bond acceptors (Lipinski definition) is 6. The molecule has 2 aromatic rings. The van der Waals surface area contributed by atoms with Crippen molar-refractivity contribution in [3.8, 4) is 11.5 Å². The summed E-state index contributed by atoms with van der Waals surface area (Å²) in [5, 5.41) is 11.2. The molecule has 0 unspecified atom stereocenters. The second-order valence-corrected chi connectivity index (χ2v) is 8.24. The van der Waals surface area contributed by atoms with Gasteiger partial charge in [0.15, 0.2) is 4.90 Å². The highest BCUT2D eigenvalue weighted by atomic mass is 79.9. The Morgan fingerprint density at radius 2 is 1.85 bits per heavy atom. The van der Waals surface area contributed by atoms with Gasteiger partial charge in [-0.2, -0.15) is 4.31 Å². The van der Waals surface area contributed by atoms with Crippen molar-refractivity contribution in [1.29, 1.82) is 0 Å². The molecule has 0 saturated carbocycles. The summed E-state index contributed by atoms with van der Waals surface area (Å²) in [6.45, 7) is -0.0251. The predicted molar refractivity (Wildman–Crippen MR) is 99.0 cm³/mol. The fourth-order valence-electron chi connectivity index (χ4n) is 2.33. The molecule has 8 nitrogen and oxygen atoms in total. The van der Waals surface area contributed by atoms with Crippen LogP contribution in [0.15, 0.2) is 45.8 Å². The Kier molecular flexibility index (Phi) is 6.21. The number of rotatable bonds is 7. The highest BCUT2D eigenvalue weighted by Gasteiger charge is 2.30. The van der Waals surface area contributed by atoms with Gasteiger partial charge in [-0.05, 0) is 18.2 Å². The molecule has 0 bridgehead atoms. The molecule has 10 heteroatoms. The van der Waals surface area contributed by atoms with Gasteiger partial charge in [-0.1, -0.05) is 22.0 Å². The van der Waals surface area contributed by atoms with Gasteiger partial charge < -0.3 is 9.47 Å². The van der Waals surface area contributed by atoms with Crippen LogP contribution in [0.1, 0.15) is 5.56 Å². The van der Waals surface area contributed by atoms with Crippen molar-refractivity contribution in [2.75, 3.05) is 21.3 Å². The molecule has 0 saturated heterocycles. The van der Waals surface area contributed by atoms with Gasteiger partial charge >= 0.3 is 0 Å². The van der Waals surface area contributed by atoms with E-state index < -0.39 is 20.6 Å². The fraction of sp³-hybridized carbons (Fsp3) is 0.250. The number of nitro benzene ring substituents is 1. The van der Waals surface area contributed by atoms with E-state index in [4.69, 9.17) is 9.47 Å². The number of hydrogen-bond donors (Lipinski definition) is 0. The normalized spacial score (nSPS) is 11.4. The molecule has 0 aliphatic rings. The van der Waals surface area contributed by atoms with Crippen LogP contribution in [0.3, 0.4) is 0 Å². The first-order chi connectivity index (χ1) is 12.2.